The Morgan fingerprint density at radius 3 is 2.14 bits per heavy atom. The van der Waals surface area contributed by atoms with Crippen LogP contribution < -0.4 is 10.6 Å². The molecule has 43 heavy (non-hydrogen) atoms. The number of hydrogen-bond acceptors (Lipinski definition) is 9. The second-order valence-corrected chi connectivity index (χ2v) is 13.3. The average molecular weight is 590 g/mol. The molecule has 0 unspecified atom stereocenters. The normalized spacial score (nSPS) is 25.5. The zero-order valence-corrected chi connectivity index (χ0v) is 25.5. The molecule has 1 fully saturated rings. The quantitative estimate of drug-likeness (QED) is 0.337. The van der Waals surface area contributed by atoms with Gasteiger partial charge in [-0.25, -0.2) is 0 Å². The van der Waals surface area contributed by atoms with Crippen molar-refractivity contribution in [2.45, 2.75) is 50.7 Å². The molecule has 4 atom stereocenters. The summed E-state index contributed by atoms with van der Waals surface area (Å²) in [4.78, 5) is 43.0. The van der Waals surface area contributed by atoms with Gasteiger partial charge in [0.2, 0.25) is 5.78 Å². The lowest BCUT2D eigenvalue weighted by Gasteiger charge is -2.50. The number of phenols is 1. The Hall–Kier alpha value is -4.15. The third-order valence-corrected chi connectivity index (χ3v) is 9.24. The first-order chi connectivity index (χ1) is 19.9. The van der Waals surface area contributed by atoms with Crippen molar-refractivity contribution < 1.29 is 34.8 Å². The number of hydrogen-bond donors (Lipinski definition) is 5. The summed E-state index contributed by atoms with van der Waals surface area (Å²) in [6.07, 6.45) is 0.258. The molecule has 228 valence electrons. The molecule has 0 spiro atoms. The van der Waals surface area contributed by atoms with E-state index >= 15 is 0 Å². The monoisotopic (exact) mass is 589 g/mol. The Balaban J connectivity index is 1.74. The van der Waals surface area contributed by atoms with Crippen molar-refractivity contribution in [3.8, 4) is 16.9 Å². The predicted octanol–water partition coefficient (Wildman–Crippen LogP) is 2.99. The van der Waals surface area contributed by atoms with Gasteiger partial charge in [-0.1, -0.05) is 45.0 Å². The van der Waals surface area contributed by atoms with Crippen LogP contribution in [0.2, 0.25) is 0 Å². The molecular weight excluding hydrogens is 550 g/mol. The van der Waals surface area contributed by atoms with Crippen LogP contribution >= 0.6 is 0 Å². The summed E-state index contributed by atoms with van der Waals surface area (Å²) in [5.74, 6) is -6.67. The maximum Gasteiger partial charge on any atom is 0.255 e. The van der Waals surface area contributed by atoms with Crippen LogP contribution in [-0.2, 0) is 26.2 Å². The zero-order chi connectivity index (χ0) is 31.9. The van der Waals surface area contributed by atoms with E-state index < -0.39 is 58.0 Å². The smallest absolute Gasteiger partial charge is 0.255 e. The van der Waals surface area contributed by atoms with E-state index in [1.807, 2.05) is 49.3 Å². The number of primary amides is 1. The molecule has 0 radical (unpaired) electrons. The highest BCUT2D eigenvalue weighted by molar-refractivity contribution is 6.24. The molecule has 2 aromatic rings. The van der Waals surface area contributed by atoms with E-state index in [9.17, 15) is 34.8 Å². The molecule has 0 aromatic heterocycles. The molecule has 0 aliphatic heterocycles. The molecule has 0 saturated heterocycles. The number of amides is 1. The molecule has 0 bridgehead atoms. The number of nitrogens with zero attached hydrogens (tertiary/aromatic N) is 2. The van der Waals surface area contributed by atoms with Gasteiger partial charge in [0.15, 0.2) is 11.4 Å². The largest absolute Gasteiger partial charge is 0.508 e. The lowest BCUT2D eigenvalue weighted by atomic mass is 9.57. The summed E-state index contributed by atoms with van der Waals surface area (Å²) < 4.78 is 0. The lowest BCUT2D eigenvalue weighted by Crippen LogP contribution is -2.65. The van der Waals surface area contributed by atoms with Crippen LogP contribution in [0.3, 0.4) is 0 Å². The van der Waals surface area contributed by atoms with Gasteiger partial charge >= 0.3 is 0 Å². The molecule has 6 N–H and O–H groups in total. The van der Waals surface area contributed by atoms with Crippen LogP contribution in [0.4, 0.5) is 5.69 Å². The summed E-state index contributed by atoms with van der Waals surface area (Å²) in [6.45, 7) is 6.31. The maximum absolute atomic E-state index is 14.2. The van der Waals surface area contributed by atoms with Crippen molar-refractivity contribution in [3.63, 3.8) is 0 Å². The second-order valence-electron chi connectivity index (χ2n) is 13.3. The predicted molar refractivity (Wildman–Crippen MR) is 163 cm³/mol. The van der Waals surface area contributed by atoms with Gasteiger partial charge in [0.25, 0.3) is 5.91 Å². The number of rotatable bonds is 4. The number of benzene rings is 2. The Labute approximate surface area is 250 Å². The molecule has 1 saturated carbocycles. The van der Waals surface area contributed by atoms with Gasteiger partial charge in [-0.15, -0.1) is 0 Å². The number of nitrogens with two attached hydrogens (primary N) is 1. The minimum atomic E-state index is -2.68. The van der Waals surface area contributed by atoms with Crippen LogP contribution in [0.15, 0.2) is 47.2 Å². The number of carbonyl (C=O) groups is 3. The molecular formula is C33H39N3O7. The summed E-state index contributed by atoms with van der Waals surface area (Å²) in [6, 6.07) is 8.47. The molecule has 0 heterocycles. The van der Waals surface area contributed by atoms with E-state index in [0.29, 0.717) is 16.7 Å². The number of anilines is 1. The second kappa shape index (κ2) is 9.96. The Morgan fingerprint density at radius 2 is 1.63 bits per heavy atom. The fourth-order valence-corrected chi connectivity index (χ4v) is 7.06. The SMILES string of the molecule is CN(C)c1cc(-c2ccc(C(C)(C)C)cc2)c(O)c2c1C[C@@H]1C[C@@H]3[C@@H](N(C)C)C(=O)C(C(N)=O)=C(O)[C@]3(O)C(=O)C1=C2O. The van der Waals surface area contributed by atoms with E-state index in [0.717, 1.165) is 11.3 Å². The minimum absolute atomic E-state index is 0.0371. The molecule has 3 aliphatic carbocycles. The third kappa shape index (κ3) is 4.34. The number of phenolic OH excluding ortho intramolecular Hbond substituents is 1. The zero-order valence-electron chi connectivity index (χ0n) is 25.5. The van der Waals surface area contributed by atoms with Gasteiger partial charge in [-0.05, 0) is 61.0 Å². The van der Waals surface area contributed by atoms with Crippen LogP contribution in [-0.4, -0.2) is 82.6 Å². The first kappa shape index (κ1) is 30.3. The van der Waals surface area contributed by atoms with Gasteiger partial charge in [0.05, 0.1) is 11.6 Å². The molecule has 10 nitrogen and oxygen atoms in total. The van der Waals surface area contributed by atoms with E-state index in [2.05, 4.69) is 20.8 Å². The number of aromatic hydroxyl groups is 1. The lowest BCUT2D eigenvalue weighted by molar-refractivity contribution is -0.153. The van der Waals surface area contributed by atoms with Gasteiger partial charge in [-0.3, -0.25) is 19.3 Å². The first-order valence-electron chi connectivity index (χ1n) is 14.2. The van der Waals surface area contributed by atoms with Gasteiger partial charge < -0.3 is 31.1 Å². The van der Waals surface area contributed by atoms with Crippen molar-refractivity contribution >= 4 is 28.9 Å². The van der Waals surface area contributed by atoms with Gasteiger partial charge in [0, 0.05) is 36.8 Å². The van der Waals surface area contributed by atoms with Crippen molar-refractivity contribution in [1.82, 2.24) is 4.90 Å². The summed E-state index contributed by atoms with van der Waals surface area (Å²) in [5.41, 5.74) is 5.32. The highest BCUT2D eigenvalue weighted by Gasteiger charge is 2.64. The summed E-state index contributed by atoms with van der Waals surface area (Å²) in [7, 11) is 6.84. The van der Waals surface area contributed by atoms with E-state index in [1.165, 1.54) is 4.90 Å². The summed E-state index contributed by atoms with van der Waals surface area (Å²) >= 11 is 0. The highest BCUT2D eigenvalue weighted by Crippen LogP contribution is 2.55. The fourth-order valence-electron chi connectivity index (χ4n) is 7.06. The van der Waals surface area contributed by atoms with Crippen LogP contribution in [0.5, 0.6) is 5.75 Å². The van der Waals surface area contributed by atoms with E-state index in [1.54, 1.807) is 14.1 Å². The average Bonchev–Trinajstić information content (AvgIpc) is 2.90. The number of Topliss-reactive ketones (excluding diaryl/α,β-unsaturated/α-hetero) is 2. The molecule has 3 aliphatic rings. The van der Waals surface area contributed by atoms with Crippen molar-refractivity contribution in [1.29, 1.82) is 0 Å². The number of likely N-dealkylation sites (N-methyl/N-ethyl adjacent to an activating group) is 1. The van der Waals surface area contributed by atoms with Gasteiger partial charge in [-0.2, -0.15) is 0 Å². The Bertz CT molecular complexity index is 1630. The first-order valence-corrected chi connectivity index (χ1v) is 14.2. The topological polar surface area (TPSA) is 165 Å². The number of aliphatic hydroxyl groups is 3. The third-order valence-electron chi connectivity index (χ3n) is 9.24. The van der Waals surface area contributed by atoms with Crippen molar-refractivity contribution in [2.24, 2.45) is 17.6 Å². The maximum atomic E-state index is 14.2. The minimum Gasteiger partial charge on any atom is -0.508 e. The van der Waals surface area contributed by atoms with Crippen molar-refractivity contribution in [3.05, 3.63) is 63.9 Å². The molecule has 1 amide bonds. The molecule has 2 aromatic carbocycles. The summed E-state index contributed by atoms with van der Waals surface area (Å²) in [5, 5.41) is 46.3. The Morgan fingerprint density at radius 1 is 1.02 bits per heavy atom. The van der Waals surface area contributed by atoms with E-state index in [-0.39, 0.29) is 35.1 Å². The van der Waals surface area contributed by atoms with Crippen LogP contribution in [0, 0.1) is 11.8 Å². The van der Waals surface area contributed by atoms with Crippen LogP contribution in [0.1, 0.15) is 43.9 Å². The number of fused-ring (bicyclic) bond motifs is 3. The van der Waals surface area contributed by atoms with Crippen molar-refractivity contribution in [2.75, 3.05) is 33.1 Å². The highest BCUT2D eigenvalue weighted by atomic mass is 16.3. The number of carbonyl (C=O) groups excluding carboxylic acids is 3. The number of ketones is 2. The fraction of sp³-hybridized carbons (Fsp3) is 0.424. The standard InChI is InChI=1S/C33H39N3O7/c1-32(2,3)17-10-8-15(9-11-17)18-14-21(35(4)5)19-12-16-13-20-25(36(6)7)28(39)24(31(34)42)30(41)33(20,43)29(40)22(16)27(38)23(19)26(18)37/h8-11,14,16,20,25,37-38,41,43H,12-13H2,1-7H3,(H2,34,42)/t16-,20-,25-,33-/m1/s1. The molecule has 5 rings (SSSR count). The van der Waals surface area contributed by atoms with Crippen LogP contribution in [0.25, 0.3) is 16.9 Å². The van der Waals surface area contributed by atoms with E-state index in [4.69, 9.17) is 5.73 Å². The van der Waals surface area contributed by atoms with Gasteiger partial charge in [0.1, 0.15) is 22.8 Å². The number of aliphatic hydroxyl groups excluding tert-OH is 2. The molecule has 10 heteroatoms. The Kier molecular flexibility index (Phi) is 7.02.